The van der Waals surface area contributed by atoms with Crippen LogP contribution in [0.2, 0.25) is 5.02 Å². The van der Waals surface area contributed by atoms with Gasteiger partial charge in [-0.1, -0.05) is 11.6 Å². The Kier molecular flexibility index (Phi) is 2.20. The number of hydrogen-bond donors (Lipinski definition) is 1. The van der Waals surface area contributed by atoms with Gasteiger partial charge in [-0.15, -0.1) is 0 Å². The Morgan fingerprint density at radius 1 is 1.43 bits per heavy atom. The highest BCUT2D eigenvalue weighted by Crippen LogP contribution is 2.47. The van der Waals surface area contributed by atoms with E-state index in [1.807, 2.05) is 19.1 Å². The molecule has 14 heavy (non-hydrogen) atoms. The average molecular weight is 212 g/mol. The summed E-state index contributed by atoms with van der Waals surface area (Å²) in [5.74, 6) is 0.832. The molecule has 2 N–H and O–H groups in total. The van der Waals surface area contributed by atoms with Crippen molar-refractivity contribution in [3.63, 3.8) is 0 Å². The number of benzene rings is 1. The van der Waals surface area contributed by atoms with E-state index in [-0.39, 0.29) is 5.54 Å². The number of ether oxygens (including phenoxy) is 1. The number of hydrogen-bond acceptors (Lipinski definition) is 2. The van der Waals surface area contributed by atoms with Crippen LogP contribution < -0.4 is 10.5 Å². The molecule has 0 atom stereocenters. The molecule has 0 unspecified atom stereocenters. The van der Waals surface area contributed by atoms with Crippen LogP contribution in [-0.4, -0.2) is 7.11 Å². The van der Waals surface area contributed by atoms with Crippen LogP contribution in [0.4, 0.5) is 0 Å². The monoisotopic (exact) mass is 211 g/mol. The van der Waals surface area contributed by atoms with Crippen molar-refractivity contribution in [2.45, 2.75) is 25.3 Å². The number of methoxy groups -OCH3 is 1. The Morgan fingerprint density at radius 3 is 2.57 bits per heavy atom. The molecule has 1 aromatic carbocycles. The number of halogens is 1. The van der Waals surface area contributed by atoms with Gasteiger partial charge in [0.1, 0.15) is 5.75 Å². The first kappa shape index (κ1) is 9.81. The minimum Gasteiger partial charge on any atom is -0.497 e. The summed E-state index contributed by atoms with van der Waals surface area (Å²) >= 11 is 6.21. The van der Waals surface area contributed by atoms with E-state index >= 15 is 0 Å². The average Bonchev–Trinajstić information content (AvgIpc) is 2.89. The first-order chi connectivity index (χ1) is 6.57. The van der Waals surface area contributed by atoms with E-state index in [9.17, 15) is 0 Å². The summed E-state index contributed by atoms with van der Waals surface area (Å²) in [4.78, 5) is 0. The van der Waals surface area contributed by atoms with E-state index in [2.05, 4.69) is 0 Å². The molecule has 0 aliphatic heterocycles. The maximum atomic E-state index is 6.21. The summed E-state index contributed by atoms with van der Waals surface area (Å²) in [5.41, 5.74) is 7.97. The highest BCUT2D eigenvalue weighted by Gasteiger charge is 2.42. The largest absolute Gasteiger partial charge is 0.497 e. The van der Waals surface area contributed by atoms with Gasteiger partial charge in [0.15, 0.2) is 0 Å². The van der Waals surface area contributed by atoms with Crippen molar-refractivity contribution in [3.8, 4) is 5.75 Å². The smallest absolute Gasteiger partial charge is 0.119 e. The zero-order valence-electron chi connectivity index (χ0n) is 8.43. The molecule has 1 aromatic rings. The van der Waals surface area contributed by atoms with Gasteiger partial charge >= 0.3 is 0 Å². The van der Waals surface area contributed by atoms with Crippen molar-refractivity contribution in [1.29, 1.82) is 0 Å². The highest BCUT2D eigenvalue weighted by molar-refractivity contribution is 6.32. The maximum absolute atomic E-state index is 6.21. The second-order valence-corrected chi connectivity index (χ2v) is 4.34. The molecule has 1 aliphatic carbocycles. The summed E-state index contributed by atoms with van der Waals surface area (Å²) in [5, 5.41) is 0.783. The van der Waals surface area contributed by atoms with Crippen LogP contribution in [-0.2, 0) is 5.54 Å². The van der Waals surface area contributed by atoms with Gasteiger partial charge in [0.25, 0.3) is 0 Å². The Balaban J connectivity index is 2.52. The van der Waals surface area contributed by atoms with Gasteiger partial charge in [0.2, 0.25) is 0 Å². The zero-order valence-corrected chi connectivity index (χ0v) is 9.19. The number of rotatable bonds is 2. The molecule has 0 bridgehead atoms. The Hall–Kier alpha value is -0.730. The fourth-order valence-corrected chi connectivity index (χ4v) is 1.92. The number of nitrogens with two attached hydrogens (primary N) is 1. The molecule has 0 amide bonds. The fraction of sp³-hybridized carbons (Fsp3) is 0.455. The van der Waals surface area contributed by atoms with Crippen molar-refractivity contribution < 1.29 is 4.74 Å². The molecule has 2 nitrogen and oxygen atoms in total. The van der Waals surface area contributed by atoms with Crippen molar-refractivity contribution in [1.82, 2.24) is 0 Å². The van der Waals surface area contributed by atoms with Crippen LogP contribution >= 0.6 is 11.6 Å². The summed E-state index contributed by atoms with van der Waals surface area (Å²) in [6, 6.07) is 3.87. The van der Waals surface area contributed by atoms with Crippen LogP contribution in [0.5, 0.6) is 5.75 Å². The van der Waals surface area contributed by atoms with Gasteiger partial charge in [0.05, 0.1) is 7.11 Å². The molecule has 0 heterocycles. The summed E-state index contributed by atoms with van der Waals surface area (Å²) in [6.45, 7) is 1.97. The Bertz CT molecular complexity index is 372. The lowest BCUT2D eigenvalue weighted by Crippen LogP contribution is -2.19. The highest BCUT2D eigenvalue weighted by atomic mass is 35.5. The first-order valence-corrected chi connectivity index (χ1v) is 5.08. The van der Waals surface area contributed by atoms with Gasteiger partial charge < -0.3 is 10.5 Å². The lowest BCUT2D eigenvalue weighted by Gasteiger charge is -2.15. The topological polar surface area (TPSA) is 35.2 Å². The van der Waals surface area contributed by atoms with E-state index in [1.165, 1.54) is 0 Å². The number of aryl methyl sites for hydroxylation is 1. The lowest BCUT2D eigenvalue weighted by molar-refractivity contribution is 0.413. The predicted molar refractivity (Wildman–Crippen MR) is 57.8 cm³/mol. The molecule has 0 saturated heterocycles. The van der Waals surface area contributed by atoms with Gasteiger partial charge in [-0.2, -0.15) is 0 Å². The van der Waals surface area contributed by atoms with Crippen LogP contribution in [0, 0.1) is 6.92 Å². The van der Waals surface area contributed by atoms with Gasteiger partial charge in [-0.05, 0) is 43.0 Å². The van der Waals surface area contributed by atoms with Gasteiger partial charge in [-0.3, -0.25) is 0 Å². The minimum absolute atomic E-state index is 0.198. The molecule has 0 spiro atoms. The van der Waals surface area contributed by atoms with E-state index < -0.39 is 0 Å². The molecular formula is C11H14ClNO. The standard InChI is InChI=1S/C11H14ClNO/c1-7-5-8(14-2)6-9(10(7)12)11(13)3-4-11/h5-6H,3-4,13H2,1-2H3. The second kappa shape index (κ2) is 3.14. The van der Waals surface area contributed by atoms with E-state index in [0.717, 1.165) is 34.7 Å². The Labute approximate surface area is 89.0 Å². The predicted octanol–water partition coefficient (Wildman–Crippen LogP) is 2.60. The van der Waals surface area contributed by atoms with Crippen LogP contribution in [0.1, 0.15) is 24.0 Å². The normalized spacial score (nSPS) is 18.0. The van der Waals surface area contributed by atoms with Gasteiger partial charge in [-0.25, -0.2) is 0 Å². The third kappa shape index (κ3) is 1.49. The molecule has 1 aliphatic rings. The maximum Gasteiger partial charge on any atom is 0.119 e. The van der Waals surface area contributed by atoms with Crippen LogP contribution in [0.25, 0.3) is 0 Å². The molecule has 0 radical (unpaired) electrons. The lowest BCUT2D eigenvalue weighted by atomic mass is 10.0. The van der Waals surface area contributed by atoms with Crippen molar-refractivity contribution in [3.05, 3.63) is 28.3 Å². The SMILES string of the molecule is COc1cc(C)c(Cl)c(C2(N)CC2)c1. The van der Waals surface area contributed by atoms with Gasteiger partial charge in [0, 0.05) is 10.6 Å². The fourth-order valence-electron chi connectivity index (χ4n) is 1.62. The first-order valence-electron chi connectivity index (χ1n) is 4.70. The van der Waals surface area contributed by atoms with E-state index in [4.69, 9.17) is 22.1 Å². The molecule has 76 valence electrons. The third-order valence-electron chi connectivity index (χ3n) is 2.79. The molecule has 2 rings (SSSR count). The quantitative estimate of drug-likeness (QED) is 0.816. The molecule has 1 saturated carbocycles. The van der Waals surface area contributed by atoms with Crippen LogP contribution in [0.15, 0.2) is 12.1 Å². The van der Waals surface area contributed by atoms with Crippen molar-refractivity contribution in [2.24, 2.45) is 5.73 Å². The summed E-state index contributed by atoms with van der Waals surface area (Å²) in [6.07, 6.45) is 2.03. The van der Waals surface area contributed by atoms with Crippen LogP contribution in [0.3, 0.4) is 0 Å². The van der Waals surface area contributed by atoms with Crippen molar-refractivity contribution >= 4 is 11.6 Å². The van der Waals surface area contributed by atoms with Crippen molar-refractivity contribution in [2.75, 3.05) is 7.11 Å². The van der Waals surface area contributed by atoms with E-state index in [0.29, 0.717) is 0 Å². The summed E-state index contributed by atoms with van der Waals surface area (Å²) < 4.78 is 5.20. The third-order valence-corrected chi connectivity index (χ3v) is 3.29. The Morgan fingerprint density at radius 2 is 2.07 bits per heavy atom. The molecular weight excluding hydrogens is 198 g/mol. The zero-order chi connectivity index (χ0) is 10.3. The molecule has 1 fully saturated rings. The molecule has 3 heteroatoms. The van der Waals surface area contributed by atoms with E-state index in [1.54, 1.807) is 7.11 Å². The summed E-state index contributed by atoms with van der Waals surface area (Å²) in [7, 11) is 1.66. The second-order valence-electron chi connectivity index (χ2n) is 3.96. The molecule has 0 aromatic heterocycles. The minimum atomic E-state index is -0.198.